The van der Waals surface area contributed by atoms with Gasteiger partial charge in [-0.1, -0.05) is 29.3 Å². The largest absolute Gasteiger partial charge is 0.311 e. The molecule has 2 aliphatic rings. The van der Waals surface area contributed by atoms with Crippen molar-refractivity contribution in [2.75, 3.05) is 7.05 Å². The number of nitrogens with zero attached hydrogens (tertiary/aromatic N) is 1. The number of hydrogen-bond acceptors (Lipinski definition) is 2. The normalized spacial score (nSPS) is 29.1. The van der Waals surface area contributed by atoms with Gasteiger partial charge in [0, 0.05) is 24.7 Å². The Balaban J connectivity index is 1.70. The Hall–Kier alpha value is -0.350. The standard InChI is InChI=1S/C15H19Cl2FN2/c1-20(12-6-10-3-4-11(7-12)19-10)8-9-2-5-13(18)15(17)14(9)16/h2,5,10-12,19H,3-4,6-8H2,1H3. The van der Waals surface area contributed by atoms with Crippen LogP contribution in [0.5, 0.6) is 0 Å². The highest BCUT2D eigenvalue weighted by Crippen LogP contribution is 2.32. The maximum absolute atomic E-state index is 13.3. The van der Waals surface area contributed by atoms with Crippen LogP contribution < -0.4 is 5.32 Å². The van der Waals surface area contributed by atoms with E-state index < -0.39 is 5.82 Å². The van der Waals surface area contributed by atoms with Gasteiger partial charge in [0.15, 0.2) is 0 Å². The fourth-order valence-corrected chi connectivity index (χ4v) is 3.87. The molecule has 1 aromatic rings. The first-order chi connectivity index (χ1) is 9.54. The van der Waals surface area contributed by atoms with E-state index in [4.69, 9.17) is 23.2 Å². The van der Waals surface area contributed by atoms with E-state index in [1.54, 1.807) is 6.07 Å². The number of piperidine rings is 1. The van der Waals surface area contributed by atoms with Gasteiger partial charge >= 0.3 is 0 Å². The van der Waals surface area contributed by atoms with E-state index in [-0.39, 0.29) is 5.02 Å². The molecular formula is C15H19Cl2FN2. The van der Waals surface area contributed by atoms with Crippen LogP contribution in [0.3, 0.4) is 0 Å². The number of rotatable bonds is 3. The quantitative estimate of drug-likeness (QED) is 0.852. The zero-order chi connectivity index (χ0) is 14.3. The molecule has 2 unspecified atom stereocenters. The van der Waals surface area contributed by atoms with Crippen LogP contribution in [0, 0.1) is 5.82 Å². The summed E-state index contributed by atoms with van der Waals surface area (Å²) >= 11 is 12.0. The molecule has 2 saturated heterocycles. The third kappa shape index (κ3) is 2.82. The predicted molar refractivity (Wildman–Crippen MR) is 80.9 cm³/mol. The van der Waals surface area contributed by atoms with Crippen molar-refractivity contribution in [1.82, 2.24) is 10.2 Å². The van der Waals surface area contributed by atoms with Crippen LogP contribution in [0.4, 0.5) is 4.39 Å². The lowest BCUT2D eigenvalue weighted by molar-refractivity contribution is 0.166. The van der Waals surface area contributed by atoms with Crippen LogP contribution in [0.2, 0.25) is 10.0 Å². The molecule has 5 heteroatoms. The lowest BCUT2D eigenvalue weighted by Crippen LogP contribution is -2.46. The van der Waals surface area contributed by atoms with E-state index in [9.17, 15) is 4.39 Å². The minimum Gasteiger partial charge on any atom is -0.311 e. The maximum atomic E-state index is 13.3. The third-order valence-corrected chi connectivity index (χ3v) is 5.50. The van der Waals surface area contributed by atoms with E-state index >= 15 is 0 Å². The molecule has 0 aromatic heterocycles. The van der Waals surface area contributed by atoms with E-state index in [1.807, 2.05) is 0 Å². The van der Waals surface area contributed by atoms with Crippen LogP contribution in [0.25, 0.3) is 0 Å². The summed E-state index contributed by atoms with van der Waals surface area (Å²) in [5.41, 5.74) is 0.895. The monoisotopic (exact) mass is 316 g/mol. The molecular weight excluding hydrogens is 298 g/mol. The summed E-state index contributed by atoms with van der Waals surface area (Å²) in [4.78, 5) is 2.32. The van der Waals surface area contributed by atoms with Gasteiger partial charge in [0.05, 0.1) is 10.0 Å². The van der Waals surface area contributed by atoms with E-state index in [0.29, 0.717) is 29.7 Å². The molecule has 0 saturated carbocycles. The van der Waals surface area contributed by atoms with Gasteiger partial charge in [-0.2, -0.15) is 0 Å². The molecule has 0 aliphatic carbocycles. The van der Waals surface area contributed by atoms with Gasteiger partial charge in [-0.25, -0.2) is 4.39 Å². The summed E-state index contributed by atoms with van der Waals surface area (Å²) in [6.07, 6.45) is 4.94. The maximum Gasteiger partial charge on any atom is 0.143 e. The molecule has 2 atom stereocenters. The van der Waals surface area contributed by atoms with E-state index in [2.05, 4.69) is 17.3 Å². The first-order valence-corrected chi connectivity index (χ1v) is 7.89. The Morgan fingerprint density at radius 3 is 2.50 bits per heavy atom. The molecule has 0 amide bonds. The Bertz CT molecular complexity index is 497. The molecule has 1 N–H and O–H groups in total. The molecule has 2 nitrogen and oxygen atoms in total. The second-order valence-electron chi connectivity index (χ2n) is 6.01. The number of nitrogens with one attached hydrogen (secondary N) is 1. The summed E-state index contributed by atoms with van der Waals surface area (Å²) in [5, 5.41) is 4.02. The number of fused-ring (bicyclic) bond motifs is 2. The summed E-state index contributed by atoms with van der Waals surface area (Å²) in [5.74, 6) is -0.456. The molecule has 0 spiro atoms. The highest BCUT2D eigenvalue weighted by molar-refractivity contribution is 6.42. The molecule has 3 rings (SSSR count). The van der Waals surface area contributed by atoms with Crippen LogP contribution in [0.1, 0.15) is 31.2 Å². The van der Waals surface area contributed by atoms with Crippen molar-refractivity contribution in [2.45, 2.75) is 50.4 Å². The molecule has 2 fully saturated rings. The van der Waals surface area contributed by atoms with E-state index in [0.717, 1.165) is 5.56 Å². The van der Waals surface area contributed by atoms with Crippen LogP contribution >= 0.6 is 23.2 Å². The van der Waals surface area contributed by atoms with Crippen LogP contribution in [-0.4, -0.2) is 30.1 Å². The first-order valence-electron chi connectivity index (χ1n) is 7.13. The smallest absolute Gasteiger partial charge is 0.143 e. The second-order valence-corrected chi connectivity index (χ2v) is 6.77. The van der Waals surface area contributed by atoms with Crippen LogP contribution in [0.15, 0.2) is 12.1 Å². The minimum atomic E-state index is -0.456. The molecule has 2 heterocycles. The minimum absolute atomic E-state index is 0.0305. The predicted octanol–water partition coefficient (Wildman–Crippen LogP) is 3.85. The zero-order valence-electron chi connectivity index (χ0n) is 11.5. The third-order valence-electron chi connectivity index (χ3n) is 4.61. The van der Waals surface area contributed by atoms with Gasteiger partial charge in [0.25, 0.3) is 0 Å². The average molecular weight is 317 g/mol. The molecule has 1 aromatic carbocycles. The van der Waals surface area contributed by atoms with Crippen molar-refractivity contribution in [2.24, 2.45) is 0 Å². The zero-order valence-corrected chi connectivity index (χ0v) is 13.0. The van der Waals surface area contributed by atoms with Gasteiger partial charge < -0.3 is 5.32 Å². The average Bonchev–Trinajstić information content (AvgIpc) is 2.78. The molecule has 0 radical (unpaired) electrons. The van der Waals surface area contributed by atoms with Crippen molar-refractivity contribution >= 4 is 23.2 Å². The van der Waals surface area contributed by atoms with Gasteiger partial charge in [-0.3, -0.25) is 4.90 Å². The summed E-state index contributed by atoms with van der Waals surface area (Å²) in [7, 11) is 2.11. The fourth-order valence-electron chi connectivity index (χ4n) is 3.47. The van der Waals surface area contributed by atoms with Gasteiger partial charge in [0.1, 0.15) is 5.82 Å². The summed E-state index contributed by atoms with van der Waals surface area (Å²) in [6, 6.07) is 5.01. The Morgan fingerprint density at radius 2 is 1.85 bits per heavy atom. The van der Waals surface area contributed by atoms with Gasteiger partial charge in [-0.05, 0) is 44.4 Å². The summed E-state index contributed by atoms with van der Waals surface area (Å²) < 4.78 is 13.3. The molecule has 20 heavy (non-hydrogen) atoms. The highest BCUT2D eigenvalue weighted by Gasteiger charge is 2.35. The van der Waals surface area contributed by atoms with Gasteiger partial charge in [0.2, 0.25) is 0 Å². The molecule has 110 valence electrons. The number of benzene rings is 1. The Kier molecular flexibility index (Phi) is 4.23. The fraction of sp³-hybridized carbons (Fsp3) is 0.600. The van der Waals surface area contributed by atoms with Crippen molar-refractivity contribution < 1.29 is 4.39 Å². The van der Waals surface area contributed by atoms with E-state index in [1.165, 1.54) is 31.7 Å². The second kappa shape index (κ2) is 5.80. The first kappa shape index (κ1) is 14.6. The lowest BCUT2D eigenvalue weighted by Gasteiger charge is -2.35. The Morgan fingerprint density at radius 1 is 1.20 bits per heavy atom. The SMILES string of the molecule is CN(Cc1ccc(F)c(Cl)c1Cl)C1CC2CCC(C1)N2. The van der Waals surface area contributed by atoms with Crippen molar-refractivity contribution in [1.29, 1.82) is 0 Å². The highest BCUT2D eigenvalue weighted by atomic mass is 35.5. The number of hydrogen-bond donors (Lipinski definition) is 1. The van der Waals surface area contributed by atoms with Crippen LogP contribution in [-0.2, 0) is 6.54 Å². The topological polar surface area (TPSA) is 15.3 Å². The van der Waals surface area contributed by atoms with Gasteiger partial charge in [-0.15, -0.1) is 0 Å². The summed E-state index contributed by atoms with van der Waals surface area (Å²) in [6.45, 7) is 0.711. The van der Waals surface area contributed by atoms with Crippen molar-refractivity contribution in [3.05, 3.63) is 33.6 Å². The van der Waals surface area contributed by atoms with Crippen molar-refractivity contribution in [3.63, 3.8) is 0 Å². The van der Waals surface area contributed by atoms with Crippen molar-refractivity contribution in [3.8, 4) is 0 Å². The molecule has 2 aliphatic heterocycles. The number of halogens is 3. The Labute approximate surface area is 129 Å². The molecule has 2 bridgehead atoms. The lowest BCUT2D eigenvalue weighted by atomic mass is 9.98.